The molecule has 0 radical (unpaired) electrons. The van der Waals surface area contributed by atoms with Crippen LogP contribution in [0.1, 0.15) is 63.5 Å². The Kier molecular flexibility index (Phi) is 6.28. The average Bonchev–Trinajstić information content (AvgIpc) is 2.55. The fraction of sp³-hybridized carbons (Fsp3) is 0.524. The Morgan fingerprint density at radius 1 is 1.32 bits per heavy atom. The smallest absolute Gasteiger partial charge is 0.168 e. The Morgan fingerprint density at radius 3 is 2.60 bits per heavy atom. The summed E-state index contributed by atoms with van der Waals surface area (Å²) in [4.78, 5) is 0. The lowest BCUT2D eigenvalue weighted by molar-refractivity contribution is 0.168. The van der Waals surface area contributed by atoms with Crippen LogP contribution in [0.15, 0.2) is 29.9 Å². The van der Waals surface area contributed by atoms with Gasteiger partial charge in [-0.3, -0.25) is 0 Å². The first kappa shape index (κ1) is 19.5. The minimum atomic E-state index is -0.651. The number of aromatic hydroxyl groups is 2. The monoisotopic (exact) mass is 348 g/mol. The lowest BCUT2D eigenvalue weighted by Crippen LogP contribution is -2.26. The zero-order chi connectivity index (χ0) is 18.7. The number of halogens is 1. The van der Waals surface area contributed by atoms with Crippen LogP contribution in [-0.4, -0.2) is 21.4 Å². The van der Waals surface area contributed by atoms with Crippen LogP contribution in [0.25, 0.3) is 0 Å². The fourth-order valence-electron chi connectivity index (χ4n) is 3.65. The molecule has 0 fully saturated rings. The number of aliphatic hydroxyl groups is 1. The minimum Gasteiger partial charge on any atom is -0.507 e. The predicted octanol–water partition coefficient (Wildman–Crippen LogP) is 4.96. The van der Waals surface area contributed by atoms with E-state index in [-0.39, 0.29) is 17.2 Å². The van der Waals surface area contributed by atoms with Gasteiger partial charge in [-0.1, -0.05) is 38.0 Å². The first-order chi connectivity index (χ1) is 11.8. The summed E-state index contributed by atoms with van der Waals surface area (Å²) in [6.45, 7) is 9.68. The van der Waals surface area contributed by atoms with Crippen molar-refractivity contribution in [3.05, 3.63) is 46.8 Å². The third-order valence-corrected chi connectivity index (χ3v) is 5.23. The number of unbranched alkanes of at least 4 members (excludes halogenated alkanes) is 2. The van der Waals surface area contributed by atoms with E-state index in [1.54, 1.807) is 13.0 Å². The van der Waals surface area contributed by atoms with Crippen LogP contribution in [0.2, 0.25) is 0 Å². The van der Waals surface area contributed by atoms with Crippen molar-refractivity contribution >= 4 is 0 Å². The molecule has 0 unspecified atom stereocenters. The third-order valence-electron chi connectivity index (χ3n) is 5.23. The summed E-state index contributed by atoms with van der Waals surface area (Å²) in [5, 5.41) is 31.1. The van der Waals surface area contributed by atoms with Gasteiger partial charge in [0.2, 0.25) is 0 Å². The van der Waals surface area contributed by atoms with E-state index in [1.165, 1.54) is 6.07 Å². The number of hydrogen-bond donors (Lipinski definition) is 3. The van der Waals surface area contributed by atoms with Crippen LogP contribution in [0.5, 0.6) is 11.5 Å². The van der Waals surface area contributed by atoms with Crippen LogP contribution >= 0.6 is 0 Å². The lowest BCUT2D eigenvalue weighted by Gasteiger charge is -2.34. The normalized spacial score (nSPS) is 23.4. The molecule has 4 heteroatoms. The van der Waals surface area contributed by atoms with E-state index in [1.807, 2.05) is 6.92 Å². The minimum absolute atomic E-state index is 0.0953. The summed E-state index contributed by atoms with van der Waals surface area (Å²) in [5.74, 6) is -1.80. The number of phenolic OH excluding ortho intramolecular Hbond substituents is 2. The van der Waals surface area contributed by atoms with Crippen molar-refractivity contribution in [1.82, 2.24) is 0 Å². The molecule has 2 rings (SSSR count). The van der Waals surface area contributed by atoms with Crippen molar-refractivity contribution in [3.63, 3.8) is 0 Å². The van der Waals surface area contributed by atoms with E-state index in [0.717, 1.165) is 30.4 Å². The summed E-state index contributed by atoms with van der Waals surface area (Å²) in [6, 6.07) is 1.43. The Bertz CT molecular complexity index is 678. The van der Waals surface area contributed by atoms with Gasteiger partial charge in [0.25, 0.3) is 0 Å². The highest BCUT2D eigenvalue weighted by atomic mass is 19.1. The van der Waals surface area contributed by atoms with Crippen LogP contribution in [0.3, 0.4) is 0 Å². The molecule has 0 saturated heterocycles. The van der Waals surface area contributed by atoms with Gasteiger partial charge in [0.1, 0.15) is 5.75 Å². The van der Waals surface area contributed by atoms with Gasteiger partial charge < -0.3 is 15.3 Å². The largest absolute Gasteiger partial charge is 0.507 e. The van der Waals surface area contributed by atoms with E-state index in [9.17, 15) is 19.7 Å². The molecule has 1 aliphatic rings. The van der Waals surface area contributed by atoms with E-state index < -0.39 is 23.6 Å². The molecule has 3 N–H and O–H groups in total. The molecule has 0 bridgehead atoms. The highest BCUT2D eigenvalue weighted by Gasteiger charge is 2.34. The van der Waals surface area contributed by atoms with Gasteiger partial charge in [-0.15, -0.1) is 0 Å². The first-order valence-electron chi connectivity index (χ1n) is 9.02. The Labute approximate surface area is 149 Å². The van der Waals surface area contributed by atoms with E-state index >= 15 is 0 Å². The molecule has 3 atom stereocenters. The van der Waals surface area contributed by atoms with Gasteiger partial charge in [0.15, 0.2) is 11.6 Å². The van der Waals surface area contributed by atoms with Crippen molar-refractivity contribution in [2.45, 2.75) is 64.9 Å². The summed E-state index contributed by atoms with van der Waals surface area (Å²) < 4.78 is 14.7. The van der Waals surface area contributed by atoms with Gasteiger partial charge >= 0.3 is 0 Å². The quantitative estimate of drug-likeness (QED) is 0.503. The second kappa shape index (κ2) is 8.05. The van der Waals surface area contributed by atoms with Crippen LogP contribution < -0.4 is 0 Å². The van der Waals surface area contributed by atoms with Crippen LogP contribution in [0.4, 0.5) is 4.39 Å². The topological polar surface area (TPSA) is 60.7 Å². The maximum atomic E-state index is 14.7. The zero-order valence-electron chi connectivity index (χ0n) is 15.3. The van der Waals surface area contributed by atoms with Crippen LogP contribution in [0, 0.1) is 11.7 Å². The summed E-state index contributed by atoms with van der Waals surface area (Å²) in [7, 11) is 0. The summed E-state index contributed by atoms with van der Waals surface area (Å²) in [5.41, 5.74) is 2.12. The number of hydrogen-bond acceptors (Lipinski definition) is 3. The maximum Gasteiger partial charge on any atom is 0.168 e. The fourth-order valence-corrected chi connectivity index (χ4v) is 3.65. The number of allylic oxidation sites excluding steroid dienone is 2. The van der Waals surface area contributed by atoms with Gasteiger partial charge in [0, 0.05) is 11.5 Å². The molecular weight excluding hydrogens is 319 g/mol. The highest BCUT2D eigenvalue weighted by Crippen LogP contribution is 2.47. The number of phenols is 2. The number of aryl methyl sites for hydroxylation is 1. The summed E-state index contributed by atoms with van der Waals surface area (Å²) in [6.07, 6.45) is 4.97. The standard InChI is InChI=1S/C21H29FO3/c1-5-6-7-8-14-10-18(24)19(21(25)20(14)22)16-9-13(4)17(23)11-15(16)12(2)3/h9-10,15-17,23-25H,2,5-8,11H2,1,3-4H3/t15-,16+,17+/m0/s1. The Morgan fingerprint density at radius 2 is 2.00 bits per heavy atom. The van der Waals surface area contributed by atoms with E-state index in [4.69, 9.17) is 0 Å². The van der Waals surface area contributed by atoms with Gasteiger partial charge in [0.05, 0.1) is 6.10 Å². The molecule has 1 aromatic carbocycles. The zero-order valence-corrected chi connectivity index (χ0v) is 15.3. The van der Waals surface area contributed by atoms with Crippen molar-refractivity contribution in [1.29, 1.82) is 0 Å². The first-order valence-corrected chi connectivity index (χ1v) is 9.02. The highest BCUT2D eigenvalue weighted by molar-refractivity contribution is 5.53. The molecule has 0 heterocycles. The Hall–Kier alpha value is -1.81. The second-order valence-electron chi connectivity index (χ2n) is 7.23. The van der Waals surface area contributed by atoms with Crippen molar-refractivity contribution in [2.75, 3.05) is 0 Å². The number of aliphatic hydroxyl groups excluding tert-OH is 1. The summed E-state index contributed by atoms with van der Waals surface area (Å²) >= 11 is 0. The molecule has 0 amide bonds. The maximum absolute atomic E-state index is 14.7. The number of benzene rings is 1. The molecule has 1 aliphatic carbocycles. The van der Waals surface area contributed by atoms with Crippen molar-refractivity contribution in [2.24, 2.45) is 5.92 Å². The Balaban J connectivity index is 2.47. The van der Waals surface area contributed by atoms with Crippen molar-refractivity contribution < 1.29 is 19.7 Å². The van der Waals surface area contributed by atoms with Gasteiger partial charge in [-0.2, -0.15) is 0 Å². The number of rotatable bonds is 6. The molecular formula is C21H29FO3. The molecule has 0 aliphatic heterocycles. The molecule has 0 saturated carbocycles. The SMILES string of the molecule is C=C(C)[C@@H]1C[C@@H](O)C(C)=C[C@H]1c1c(O)cc(CCCCC)c(F)c1O. The molecule has 25 heavy (non-hydrogen) atoms. The van der Waals surface area contributed by atoms with Crippen LogP contribution in [-0.2, 0) is 6.42 Å². The third kappa shape index (κ3) is 4.06. The average molecular weight is 348 g/mol. The lowest BCUT2D eigenvalue weighted by atomic mass is 9.72. The molecule has 0 aromatic heterocycles. The van der Waals surface area contributed by atoms with Gasteiger partial charge in [-0.05, 0) is 56.2 Å². The molecule has 138 valence electrons. The molecule has 0 spiro atoms. The predicted molar refractivity (Wildman–Crippen MR) is 98.4 cm³/mol. The van der Waals surface area contributed by atoms with E-state index in [0.29, 0.717) is 18.4 Å². The van der Waals surface area contributed by atoms with Crippen molar-refractivity contribution in [3.8, 4) is 11.5 Å². The molecule has 1 aromatic rings. The van der Waals surface area contributed by atoms with Gasteiger partial charge in [-0.25, -0.2) is 4.39 Å². The molecule has 3 nitrogen and oxygen atoms in total. The second-order valence-corrected chi connectivity index (χ2v) is 7.23. The van der Waals surface area contributed by atoms with E-state index in [2.05, 4.69) is 13.5 Å².